The molecule has 3 fully saturated rings. The second kappa shape index (κ2) is 6.30. The van der Waals surface area contributed by atoms with Crippen LogP contribution in [0.25, 0.3) is 0 Å². The van der Waals surface area contributed by atoms with Crippen LogP contribution in [-0.2, 0) is 28.5 Å². The molecular formula is C22H29BrO7. The summed E-state index contributed by atoms with van der Waals surface area (Å²) < 4.78 is 24.2. The first kappa shape index (κ1) is 20.9. The highest BCUT2D eigenvalue weighted by Crippen LogP contribution is 2.73. The largest absolute Gasteiger partial charge is 0.458 e. The molecule has 0 amide bonds. The summed E-state index contributed by atoms with van der Waals surface area (Å²) in [5.41, 5.74) is -1.44. The van der Waals surface area contributed by atoms with Crippen LogP contribution in [0.5, 0.6) is 0 Å². The zero-order chi connectivity index (χ0) is 21.7. The van der Waals surface area contributed by atoms with Crippen molar-refractivity contribution in [1.29, 1.82) is 0 Å². The fourth-order valence-corrected chi connectivity index (χ4v) is 7.14. The minimum Gasteiger partial charge on any atom is -0.458 e. The summed E-state index contributed by atoms with van der Waals surface area (Å²) in [5, 5.41) is 11.7. The van der Waals surface area contributed by atoms with Gasteiger partial charge in [-0.05, 0) is 31.3 Å². The molecule has 2 saturated heterocycles. The van der Waals surface area contributed by atoms with Gasteiger partial charge in [0.15, 0.2) is 6.10 Å². The number of carbonyl (C=O) groups is 2. The van der Waals surface area contributed by atoms with E-state index in [1.165, 1.54) is 0 Å². The number of rotatable bonds is 3. The number of epoxide rings is 1. The van der Waals surface area contributed by atoms with Gasteiger partial charge in [-0.15, -0.1) is 0 Å². The third-order valence-electron chi connectivity index (χ3n) is 8.76. The highest BCUT2D eigenvalue weighted by molar-refractivity contribution is 9.09. The average molecular weight is 485 g/mol. The predicted molar refractivity (Wildman–Crippen MR) is 109 cm³/mol. The maximum Gasteiger partial charge on any atom is 0.334 e. The quantitative estimate of drug-likeness (QED) is 0.373. The molecule has 5 aliphatic rings. The van der Waals surface area contributed by atoms with Crippen molar-refractivity contribution in [3.05, 3.63) is 11.1 Å². The first-order valence-corrected chi connectivity index (χ1v) is 11.9. The number of ether oxygens (including phenoxy) is 4. The standard InChI is InChI=1S/C22H29BrO7/c1-11(2)21(26)7-15-22(30-15)19(3)6-5-12-13(9-27-17(12)25)14(19)10-28-20(22,4)18(21)29-16(24)8-23/h11,14-15,18,26H,5-10H2,1-4H3/t14?,15?,18?,19?,20?,21-,22?/m1/s1. The normalized spacial score (nSPS) is 49.0. The van der Waals surface area contributed by atoms with Gasteiger partial charge in [-0.25, -0.2) is 4.79 Å². The fraction of sp³-hybridized carbons (Fsp3) is 0.818. The van der Waals surface area contributed by atoms with Gasteiger partial charge < -0.3 is 24.1 Å². The van der Waals surface area contributed by atoms with E-state index >= 15 is 0 Å². The molecule has 5 rings (SSSR count). The first-order valence-electron chi connectivity index (χ1n) is 10.7. The molecule has 166 valence electrons. The van der Waals surface area contributed by atoms with E-state index in [-0.39, 0.29) is 34.7 Å². The lowest BCUT2D eigenvalue weighted by molar-refractivity contribution is -0.289. The molecule has 30 heavy (non-hydrogen) atoms. The van der Waals surface area contributed by atoms with E-state index in [9.17, 15) is 14.7 Å². The van der Waals surface area contributed by atoms with Gasteiger partial charge in [0.25, 0.3) is 0 Å². The average Bonchev–Trinajstić information content (AvgIpc) is 3.32. The number of esters is 2. The Balaban J connectivity index is 1.60. The fourth-order valence-electron chi connectivity index (χ4n) is 7.01. The number of aliphatic hydroxyl groups is 1. The molecule has 0 aromatic rings. The Morgan fingerprint density at radius 3 is 2.77 bits per heavy atom. The van der Waals surface area contributed by atoms with Crippen LogP contribution in [-0.4, -0.2) is 64.6 Å². The summed E-state index contributed by atoms with van der Waals surface area (Å²) in [6, 6.07) is 0. The Labute approximate surface area is 184 Å². The number of halogens is 1. The molecule has 1 spiro atoms. The Bertz CT molecular complexity index is 854. The monoisotopic (exact) mass is 484 g/mol. The van der Waals surface area contributed by atoms with E-state index in [1.54, 1.807) is 0 Å². The van der Waals surface area contributed by atoms with Gasteiger partial charge in [0.2, 0.25) is 0 Å². The van der Waals surface area contributed by atoms with Crippen molar-refractivity contribution in [3.8, 4) is 0 Å². The molecule has 7 atom stereocenters. The van der Waals surface area contributed by atoms with Gasteiger partial charge in [0.1, 0.15) is 28.7 Å². The van der Waals surface area contributed by atoms with Crippen LogP contribution in [0, 0.1) is 17.3 Å². The first-order chi connectivity index (χ1) is 14.0. The van der Waals surface area contributed by atoms with Crippen LogP contribution in [0.4, 0.5) is 0 Å². The molecule has 3 heterocycles. The van der Waals surface area contributed by atoms with Crippen LogP contribution < -0.4 is 0 Å². The number of alkyl halides is 1. The number of hydrogen-bond donors (Lipinski definition) is 1. The molecule has 6 unspecified atom stereocenters. The van der Waals surface area contributed by atoms with Crippen LogP contribution in [0.2, 0.25) is 0 Å². The molecule has 1 N–H and O–H groups in total. The van der Waals surface area contributed by atoms with Crippen molar-refractivity contribution in [2.75, 3.05) is 18.5 Å². The Morgan fingerprint density at radius 1 is 1.37 bits per heavy atom. The van der Waals surface area contributed by atoms with Crippen LogP contribution in [0.3, 0.4) is 0 Å². The summed E-state index contributed by atoms with van der Waals surface area (Å²) in [4.78, 5) is 24.5. The summed E-state index contributed by atoms with van der Waals surface area (Å²) in [5.74, 6) is -0.800. The number of carbonyl (C=O) groups excluding carboxylic acids is 2. The number of cyclic esters (lactones) is 1. The molecule has 1 saturated carbocycles. The molecule has 3 aliphatic heterocycles. The SMILES string of the molecule is CC(C)[C@]1(O)CC2OC23C2(C)CCC4=C(COC4=O)C2COC3(C)C1OC(=O)CBr. The van der Waals surface area contributed by atoms with E-state index in [1.807, 2.05) is 20.8 Å². The van der Waals surface area contributed by atoms with Gasteiger partial charge in [0.05, 0.1) is 12.7 Å². The topological polar surface area (TPSA) is 94.6 Å². The van der Waals surface area contributed by atoms with Crippen molar-refractivity contribution in [3.63, 3.8) is 0 Å². The molecule has 8 heteroatoms. The second-order valence-corrected chi connectivity index (χ2v) is 10.7. The van der Waals surface area contributed by atoms with Crippen LogP contribution in [0.1, 0.15) is 47.0 Å². The maximum atomic E-state index is 12.3. The van der Waals surface area contributed by atoms with Gasteiger partial charge in [-0.3, -0.25) is 4.79 Å². The smallest absolute Gasteiger partial charge is 0.334 e. The van der Waals surface area contributed by atoms with Gasteiger partial charge >= 0.3 is 11.9 Å². The Kier molecular flexibility index (Phi) is 4.39. The Morgan fingerprint density at radius 2 is 2.10 bits per heavy atom. The lowest BCUT2D eigenvalue weighted by atomic mass is 9.48. The molecule has 0 aromatic heterocycles. The molecule has 7 nitrogen and oxygen atoms in total. The molecule has 0 aromatic carbocycles. The molecule has 0 radical (unpaired) electrons. The van der Waals surface area contributed by atoms with Crippen molar-refractivity contribution in [2.45, 2.75) is 76.0 Å². The van der Waals surface area contributed by atoms with E-state index in [0.717, 1.165) is 17.6 Å². The van der Waals surface area contributed by atoms with Crippen molar-refractivity contribution in [1.82, 2.24) is 0 Å². The molecule has 0 bridgehead atoms. The van der Waals surface area contributed by atoms with Crippen LogP contribution >= 0.6 is 15.9 Å². The minimum atomic E-state index is -1.26. The zero-order valence-corrected chi connectivity index (χ0v) is 19.4. The van der Waals surface area contributed by atoms with E-state index in [0.29, 0.717) is 26.1 Å². The van der Waals surface area contributed by atoms with Crippen molar-refractivity contribution < 1.29 is 33.6 Å². The van der Waals surface area contributed by atoms with E-state index < -0.39 is 28.9 Å². The van der Waals surface area contributed by atoms with Crippen LogP contribution in [0.15, 0.2) is 11.1 Å². The predicted octanol–water partition coefficient (Wildman–Crippen LogP) is 2.28. The van der Waals surface area contributed by atoms with E-state index in [2.05, 4.69) is 22.9 Å². The number of hydrogen-bond acceptors (Lipinski definition) is 7. The summed E-state index contributed by atoms with van der Waals surface area (Å²) in [6.45, 7) is 8.67. The third-order valence-corrected chi connectivity index (χ3v) is 9.22. The summed E-state index contributed by atoms with van der Waals surface area (Å²) in [7, 11) is 0. The van der Waals surface area contributed by atoms with E-state index in [4.69, 9.17) is 18.9 Å². The second-order valence-electron chi connectivity index (χ2n) is 10.2. The van der Waals surface area contributed by atoms with Crippen molar-refractivity contribution >= 4 is 27.9 Å². The van der Waals surface area contributed by atoms with Gasteiger partial charge in [-0.2, -0.15) is 0 Å². The Hall–Kier alpha value is -0.960. The van der Waals surface area contributed by atoms with Gasteiger partial charge in [0, 0.05) is 23.3 Å². The summed E-state index contributed by atoms with van der Waals surface area (Å²) >= 11 is 3.17. The lowest BCUT2D eigenvalue weighted by Crippen LogP contribution is -2.77. The molecular weight excluding hydrogens is 456 g/mol. The third kappa shape index (κ3) is 2.26. The van der Waals surface area contributed by atoms with Gasteiger partial charge in [-0.1, -0.05) is 36.7 Å². The highest BCUT2D eigenvalue weighted by Gasteiger charge is 2.86. The summed E-state index contributed by atoms with van der Waals surface area (Å²) in [6.07, 6.45) is 0.744. The van der Waals surface area contributed by atoms with Crippen molar-refractivity contribution in [2.24, 2.45) is 17.3 Å². The lowest BCUT2D eigenvalue weighted by Gasteiger charge is -2.62. The maximum absolute atomic E-state index is 12.3. The number of fused-ring (bicyclic) bond motifs is 2. The minimum absolute atomic E-state index is 0.00328. The molecule has 2 aliphatic carbocycles. The zero-order valence-electron chi connectivity index (χ0n) is 17.8. The highest BCUT2D eigenvalue weighted by atomic mass is 79.9.